The molecular weight excluding hydrogens is 284 g/mol. The van der Waals surface area contributed by atoms with E-state index in [4.69, 9.17) is 5.26 Å². The highest BCUT2D eigenvalue weighted by Crippen LogP contribution is 2.21. The Kier molecular flexibility index (Phi) is 4.89. The minimum absolute atomic E-state index is 0.529. The third-order valence-electron chi connectivity index (χ3n) is 4.50. The second-order valence-electron chi connectivity index (χ2n) is 6.16. The summed E-state index contributed by atoms with van der Waals surface area (Å²) < 4.78 is 0. The number of hydrogen-bond acceptors (Lipinski definition) is 4. The first-order valence-corrected chi connectivity index (χ1v) is 8.11. The summed E-state index contributed by atoms with van der Waals surface area (Å²) in [7, 11) is 2.20. The molecular formula is C19H22N4. The van der Waals surface area contributed by atoms with E-state index in [1.807, 2.05) is 12.1 Å². The quantitative estimate of drug-likeness (QED) is 0.871. The summed E-state index contributed by atoms with van der Waals surface area (Å²) in [5, 5.41) is 8.88. The second-order valence-corrected chi connectivity index (χ2v) is 6.16. The summed E-state index contributed by atoms with van der Waals surface area (Å²) in [5.74, 6) is 0.974. The van der Waals surface area contributed by atoms with E-state index in [-0.39, 0.29) is 0 Å². The highest BCUT2D eigenvalue weighted by Gasteiger charge is 2.24. The van der Waals surface area contributed by atoms with Gasteiger partial charge in [-0.1, -0.05) is 30.3 Å². The summed E-state index contributed by atoms with van der Waals surface area (Å²) in [6, 6.07) is 17.1. The fraction of sp³-hybridized carbons (Fsp3) is 0.368. The molecule has 0 bridgehead atoms. The Balaban J connectivity index is 1.64. The molecule has 118 valence electrons. The molecule has 1 saturated heterocycles. The first kappa shape index (κ1) is 15.5. The summed E-state index contributed by atoms with van der Waals surface area (Å²) in [6.45, 7) is 3.00. The molecule has 4 nitrogen and oxygen atoms in total. The van der Waals surface area contributed by atoms with Gasteiger partial charge < -0.3 is 4.90 Å². The molecule has 1 aromatic heterocycles. The zero-order valence-electron chi connectivity index (χ0n) is 13.5. The zero-order chi connectivity index (χ0) is 16.1. The Morgan fingerprint density at radius 1 is 1.26 bits per heavy atom. The van der Waals surface area contributed by atoms with Gasteiger partial charge in [-0.2, -0.15) is 5.26 Å². The molecule has 1 atom stereocenters. The van der Waals surface area contributed by atoms with Crippen molar-refractivity contribution < 1.29 is 0 Å². The number of benzene rings is 1. The van der Waals surface area contributed by atoms with E-state index in [1.165, 1.54) is 18.4 Å². The van der Waals surface area contributed by atoms with E-state index in [0.29, 0.717) is 11.6 Å². The molecule has 0 aliphatic carbocycles. The molecule has 2 heterocycles. The summed E-state index contributed by atoms with van der Waals surface area (Å²) >= 11 is 0. The van der Waals surface area contributed by atoms with Crippen LogP contribution in [-0.2, 0) is 6.54 Å². The normalized spacial score (nSPS) is 18.0. The number of likely N-dealkylation sites (N-methyl/N-ethyl adjacent to an activating group) is 1. The largest absolute Gasteiger partial charge is 0.355 e. The lowest BCUT2D eigenvalue weighted by atomic mass is 10.0. The smallest absolute Gasteiger partial charge is 0.128 e. The van der Waals surface area contributed by atoms with E-state index in [0.717, 1.165) is 25.5 Å². The fourth-order valence-corrected chi connectivity index (χ4v) is 3.16. The molecule has 1 fully saturated rings. The Labute approximate surface area is 138 Å². The molecule has 1 aliphatic heterocycles. The number of nitriles is 1. The van der Waals surface area contributed by atoms with Gasteiger partial charge in [0.05, 0.1) is 5.56 Å². The Bertz CT molecular complexity index is 660. The van der Waals surface area contributed by atoms with Gasteiger partial charge in [0.25, 0.3) is 0 Å². The molecule has 0 radical (unpaired) electrons. The van der Waals surface area contributed by atoms with E-state index >= 15 is 0 Å². The standard InChI is InChI=1S/C19H22N4/c1-22(14-16-6-3-2-4-7-16)18-8-5-11-23(15-18)19-10-9-17(12-20)13-21-19/h2-4,6-7,9-10,13,18H,5,8,11,14-15H2,1H3. The monoisotopic (exact) mass is 306 g/mol. The molecule has 0 saturated carbocycles. The van der Waals surface area contributed by atoms with Gasteiger partial charge in [-0.3, -0.25) is 4.90 Å². The lowest BCUT2D eigenvalue weighted by molar-refractivity contribution is 0.207. The van der Waals surface area contributed by atoms with E-state index in [1.54, 1.807) is 6.20 Å². The number of aromatic nitrogens is 1. The third kappa shape index (κ3) is 3.88. The van der Waals surface area contributed by atoms with Crippen molar-refractivity contribution in [3.63, 3.8) is 0 Å². The number of hydrogen-bond donors (Lipinski definition) is 0. The van der Waals surface area contributed by atoms with E-state index in [9.17, 15) is 0 Å². The third-order valence-corrected chi connectivity index (χ3v) is 4.50. The first-order chi connectivity index (χ1) is 11.3. The van der Waals surface area contributed by atoms with Crippen LogP contribution in [0.3, 0.4) is 0 Å². The highest BCUT2D eigenvalue weighted by atomic mass is 15.2. The molecule has 0 spiro atoms. The van der Waals surface area contributed by atoms with Crippen molar-refractivity contribution in [3.8, 4) is 6.07 Å². The number of piperidine rings is 1. The summed E-state index contributed by atoms with van der Waals surface area (Å²) in [5.41, 5.74) is 1.96. The molecule has 2 aromatic rings. The number of anilines is 1. The van der Waals surface area contributed by atoms with Crippen molar-refractivity contribution in [3.05, 3.63) is 59.8 Å². The first-order valence-electron chi connectivity index (χ1n) is 8.11. The molecule has 0 N–H and O–H groups in total. The van der Waals surface area contributed by atoms with Crippen LogP contribution in [0.1, 0.15) is 24.0 Å². The Morgan fingerprint density at radius 3 is 2.78 bits per heavy atom. The van der Waals surface area contributed by atoms with Crippen molar-refractivity contribution in [1.82, 2.24) is 9.88 Å². The maximum atomic E-state index is 8.88. The Hall–Kier alpha value is -2.38. The van der Waals surface area contributed by atoms with Gasteiger partial charge in [0.1, 0.15) is 11.9 Å². The van der Waals surface area contributed by atoms with Crippen LogP contribution in [0.4, 0.5) is 5.82 Å². The van der Waals surface area contributed by atoms with Crippen LogP contribution in [0.2, 0.25) is 0 Å². The topological polar surface area (TPSA) is 43.2 Å². The van der Waals surface area contributed by atoms with Crippen LogP contribution in [0.5, 0.6) is 0 Å². The minimum Gasteiger partial charge on any atom is -0.355 e. The molecule has 0 amide bonds. The molecule has 4 heteroatoms. The van der Waals surface area contributed by atoms with Crippen LogP contribution >= 0.6 is 0 Å². The van der Waals surface area contributed by atoms with Gasteiger partial charge in [-0.15, -0.1) is 0 Å². The number of rotatable bonds is 4. The van der Waals surface area contributed by atoms with E-state index < -0.39 is 0 Å². The number of nitrogens with zero attached hydrogens (tertiary/aromatic N) is 4. The minimum atomic E-state index is 0.529. The maximum Gasteiger partial charge on any atom is 0.128 e. The van der Waals surface area contributed by atoms with Gasteiger partial charge >= 0.3 is 0 Å². The van der Waals surface area contributed by atoms with Gasteiger partial charge in [0, 0.05) is 31.9 Å². The van der Waals surface area contributed by atoms with Crippen molar-refractivity contribution in [2.24, 2.45) is 0 Å². The predicted molar refractivity (Wildman–Crippen MR) is 92.1 cm³/mol. The molecule has 1 aromatic carbocycles. The molecule has 23 heavy (non-hydrogen) atoms. The molecule has 1 unspecified atom stereocenters. The lowest BCUT2D eigenvalue weighted by Gasteiger charge is -2.38. The predicted octanol–water partition coefficient (Wildman–Crippen LogP) is 3.05. The lowest BCUT2D eigenvalue weighted by Crippen LogP contribution is -2.46. The highest BCUT2D eigenvalue weighted by molar-refractivity contribution is 5.42. The van der Waals surface area contributed by atoms with Crippen molar-refractivity contribution in [2.75, 3.05) is 25.0 Å². The Morgan fingerprint density at radius 2 is 2.09 bits per heavy atom. The van der Waals surface area contributed by atoms with Gasteiger partial charge in [-0.25, -0.2) is 4.98 Å². The van der Waals surface area contributed by atoms with Crippen LogP contribution in [0.15, 0.2) is 48.7 Å². The fourth-order valence-electron chi connectivity index (χ4n) is 3.16. The van der Waals surface area contributed by atoms with Crippen molar-refractivity contribution in [2.45, 2.75) is 25.4 Å². The summed E-state index contributed by atoms with van der Waals surface area (Å²) in [6.07, 6.45) is 4.05. The molecule has 3 rings (SSSR count). The zero-order valence-corrected chi connectivity index (χ0v) is 13.5. The SMILES string of the molecule is CN(Cc1ccccc1)C1CCCN(c2ccc(C#N)cn2)C1. The average Bonchev–Trinajstić information content (AvgIpc) is 2.63. The van der Waals surface area contributed by atoms with Gasteiger partial charge in [0.15, 0.2) is 0 Å². The van der Waals surface area contributed by atoms with Crippen LogP contribution in [0, 0.1) is 11.3 Å². The van der Waals surface area contributed by atoms with Crippen molar-refractivity contribution in [1.29, 1.82) is 5.26 Å². The summed E-state index contributed by atoms with van der Waals surface area (Å²) in [4.78, 5) is 9.20. The van der Waals surface area contributed by atoms with Crippen molar-refractivity contribution >= 4 is 5.82 Å². The van der Waals surface area contributed by atoms with Crippen LogP contribution < -0.4 is 4.90 Å². The molecule has 1 aliphatic rings. The average molecular weight is 306 g/mol. The maximum absolute atomic E-state index is 8.88. The van der Waals surface area contributed by atoms with Gasteiger partial charge in [-0.05, 0) is 37.6 Å². The van der Waals surface area contributed by atoms with Gasteiger partial charge in [0.2, 0.25) is 0 Å². The van der Waals surface area contributed by atoms with Crippen LogP contribution in [-0.4, -0.2) is 36.1 Å². The number of pyridine rings is 1. The second kappa shape index (κ2) is 7.26. The van der Waals surface area contributed by atoms with Crippen LogP contribution in [0.25, 0.3) is 0 Å². The van der Waals surface area contributed by atoms with E-state index in [2.05, 4.69) is 58.2 Å².